The van der Waals surface area contributed by atoms with E-state index >= 15 is 0 Å². The summed E-state index contributed by atoms with van der Waals surface area (Å²) in [7, 11) is 2.11. The molecular weight excluding hydrogens is 294 g/mol. The van der Waals surface area contributed by atoms with Crippen molar-refractivity contribution in [3.05, 3.63) is 29.8 Å². The van der Waals surface area contributed by atoms with Gasteiger partial charge in [-0.3, -0.25) is 4.79 Å². The van der Waals surface area contributed by atoms with E-state index in [9.17, 15) is 4.79 Å². The van der Waals surface area contributed by atoms with Gasteiger partial charge in [0.2, 0.25) is 5.91 Å². The van der Waals surface area contributed by atoms with E-state index in [4.69, 9.17) is 5.26 Å². The van der Waals surface area contributed by atoms with Crippen LogP contribution in [0.25, 0.3) is 0 Å². The number of para-hydroxylation sites is 1. The molecule has 0 aromatic heterocycles. The summed E-state index contributed by atoms with van der Waals surface area (Å²) < 4.78 is 0. The summed E-state index contributed by atoms with van der Waals surface area (Å²) in [6.45, 7) is 0.752. The molecule has 2 atom stereocenters. The van der Waals surface area contributed by atoms with Crippen molar-refractivity contribution >= 4 is 23.4 Å². The number of rotatable bonds is 6. The van der Waals surface area contributed by atoms with Crippen LogP contribution in [0.5, 0.6) is 0 Å². The van der Waals surface area contributed by atoms with Crippen molar-refractivity contribution in [3.63, 3.8) is 0 Å². The van der Waals surface area contributed by atoms with Gasteiger partial charge in [-0.05, 0) is 38.3 Å². The maximum atomic E-state index is 12.1. The van der Waals surface area contributed by atoms with E-state index in [1.807, 2.05) is 17.8 Å². The van der Waals surface area contributed by atoms with Crippen LogP contribution in [0, 0.1) is 11.3 Å². The van der Waals surface area contributed by atoms with Gasteiger partial charge in [-0.2, -0.15) is 17.0 Å². The second kappa shape index (κ2) is 8.21. The molecule has 1 aromatic rings. The summed E-state index contributed by atoms with van der Waals surface area (Å²) in [5.41, 5.74) is 1.10. The van der Waals surface area contributed by atoms with Gasteiger partial charge in [0.05, 0.1) is 11.3 Å². The van der Waals surface area contributed by atoms with Crippen molar-refractivity contribution < 1.29 is 4.79 Å². The largest absolute Gasteiger partial charge is 0.325 e. The number of carbonyl (C=O) groups excluding carboxylic acids is 1. The third-order valence-electron chi connectivity index (χ3n) is 4.30. The number of thioether (sulfide) groups is 1. The van der Waals surface area contributed by atoms with Crippen molar-refractivity contribution in [2.24, 2.45) is 0 Å². The number of nitrogens with zero attached hydrogens (tertiary/aromatic N) is 2. The average Bonchev–Trinajstić information content (AvgIpc) is 3.01. The highest BCUT2D eigenvalue weighted by molar-refractivity contribution is 7.99. The van der Waals surface area contributed by atoms with Crippen LogP contribution in [0.4, 0.5) is 5.69 Å². The Morgan fingerprint density at radius 1 is 1.45 bits per heavy atom. The molecule has 1 aromatic carbocycles. The Labute approximate surface area is 136 Å². The summed E-state index contributed by atoms with van der Waals surface area (Å²) in [5.74, 6) is -0.0340. The molecule has 2 rings (SSSR count). The minimum atomic E-state index is -0.0340. The van der Waals surface area contributed by atoms with Gasteiger partial charge in [0.25, 0.3) is 0 Å². The second-order valence-electron chi connectivity index (χ2n) is 5.71. The number of nitrogens with one attached hydrogen (secondary N) is 1. The summed E-state index contributed by atoms with van der Waals surface area (Å²) in [5, 5.41) is 12.6. The normalized spacial score (nSPS) is 20.8. The lowest BCUT2D eigenvalue weighted by molar-refractivity contribution is -0.116. The van der Waals surface area contributed by atoms with E-state index in [-0.39, 0.29) is 5.91 Å². The topological polar surface area (TPSA) is 56.1 Å². The highest BCUT2D eigenvalue weighted by atomic mass is 32.2. The second-order valence-corrected chi connectivity index (χ2v) is 6.79. The molecule has 4 nitrogen and oxygen atoms in total. The van der Waals surface area contributed by atoms with E-state index < -0.39 is 0 Å². The van der Waals surface area contributed by atoms with E-state index in [0.717, 1.165) is 6.54 Å². The van der Waals surface area contributed by atoms with Gasteiger partial charge in [0.15, 0.2) is 0 Å². The Morgan fingerprint density at radius 2 is 2.23 bits per heavy atom. The first-order valence-electron chi connectivity index (χ1n) is 7.67. The third kappa shape index (κ3) is 4.25. The molecule has 0 unspecified atom stereocenters. The van der Waals surface area contributed by atoms with Crippen LogP contribution in [0.15, 0.2) is 24.3 Å². The molecule has 0 heterocycles. The fourth-order valence-corrected chi connectivity index (χ4v) is 4.09. The summed E-state index contributed by atoms with van der Waals surface area (Å²) >= 11 is 1.93. The SMILES string of the molecule is CS[C@@H]1CCC[C@H]1N(C)CCC(=O)Nc1ccccc1C#N. The van der Waals surface area contributed by atoms with Crippen molar-refractivity contribution in [2.45, 2.75) is 37.0 Å². The van der Waals surface area contributed by atoms with Crippen molar-refractivity contribution in [3.8, 4) is 6.07 Å². The average molecular weight is 317 g/mol. The third-order valence-corrected chi connectivity index (χ3v) is 5.46. The Hall–Kier alpha value is -1.51. The smallest absolute Gasteiger partial charge is 0.225 e. The van der Waals surface area contributed by atoms with Crippen LogP contribution in [-0.4, -0.2) is 41.9 Å². The Morgan fingerprint density at radius 3 is 2.95 bits per heavy atom. The van der Waals surface area contributed by atoms with Gasteiger partial charge in [-0.1, -0.05) is 18.6 Å². The first kappa shape index (κ1) is 16.9. The molecule has 5 heteroatoms. The van der Waals surface area contributed by atoms with Gasteiger partial charge >= 0.3 is 0 Å². The Kier molecular flexibility index (Phi) is 6.29. The maximum Gasteiger partial charge on any atom is 0.225 e. The molecule has 1 aliphatic rings. The van der Waals surface area contributed by atoms with Crippen molar-refractivity contribution in [1.29, 1.82) is 5.26 Å². The fraction of sp³-hybridized carbons (Fsp3) is 0.529. The molecule has 0 spiro atoms. The van der Waals surface area contributed by atoms with Crippen LogP contribution in [0.2, 0.25) is 0 Å². The monoisotopic (exact) mass is 317 g/mol. The predicted molar refractivity (Wildman–Crippen MR) is 92.0 cm³/mol. The van der Waals surface area contributed by atoms with E-state index in [2.05, 4.69) is 29.6 Å². The number of anilines is 1. The van der Waals surface area contributed by atoms with Gasteiger partial charge < -0.3 is 10.2 Å². The minimum absolute atomic E-state index is 0.0340. The molecule has 1 amide bonds. The number of hydrogen-bond donors (Lipinski definition) is 1. The first-order valence-corrected chi connectivity index (χ1v) is 8.96. The predicted octanol–water partition coefficient (Wildman–Crippen LogP) is 3.10. The number of amides is 1. The zero-order valence-electron chi connectivity index (χ0n) is 13.2. The molecule has 22 heavy (non-hydrogen) atoms. The quantitative estimate of drug-likeness (QED) is 0.876. The molecule has 0 radical (unpaired) electrons. The zero-order chi connectivity index (χ0) is 15.9. The molecule has 0 bridgehead atoms. The fourth-order valence-electron chi connectivity index (χ4n) is 3.03. The molecule has 118 valence electrons. The van der Waals surface area contributed by atoms with Crippen LogP contribution >= 0.6 is 11.8 Å². The van der Waals surface area contributed by atoms with E-state index in [1.165, 1.54) is 19.3 Å². The Bertz CT molecular complexity index is 555. The highest BCUT2D eigenvalue weighted by Crippen LogP contribution is 2.31. The summed E-state index contributed by atoms with van der Waals surface area (Å²) in [4.78, 5) is 14.4. The van der Waals surface area contributed by atoms with Crippen molar-refractivity contribution in [1.82, 2.24) is 4.90 Å². The molecule has 0 aliphatic heterocycles. The highest BCUT2D eigenvalue weighted by Gasteiger charge is 2.29. The van der Waals surface area contributed by atoms with E-state index in [1.54, 1.807) is 18.2 Å². The molecule has 0 saturated heterocycles. The van der Waals surface area contributed by atoms with Gasteiger partial charge in [0, 0.05) is 24.3 Å². The Balaban J connectivity index is 1.84. The number of nitriles is 1. The molecule has 1 aliphatic carbocycles. The van der Waals surface area contributed by atoms with Crippen LogP contribution in [0.3, 0.4) is 0 Å². The van der Waals surface area contributed by atoms with Crippen LogP contribution in [0.1, 0.15) is 31.2 Å². The standard InChI is InChI=1S/C17H23N3OS/c1-20(15-8-5-9-16(15)22-2)11-10-17(21)19-14-7-4-3-6-13(14)12-18/h3-4,6-7,15-16H,5,8-11H2,1-2H3,(H,19,21)/t15-,16-/m1/s1. The minimum Gasteiger partial charge on any atom is -0.325 e. The first-order chi connectivity index (χ1) is 10.7. The van der Waals surface area contributed by atoms with Crippen LogP contribution in [-0.2, 0) is 4.79 Å². The number of hydrogen-bond acceptors (Lipinski definition) is 4. The van der Waals surface area contributed by atoms with Crippen LogP contribution < -0.4 is 5.32 Å². The van der Waals surface area contributed by atoms with Gasteiger partial charge in [0.1, 0.15) is 6.07 Å². The van der Waals surface area contributed by atoms with Gasteiger partial charge in [-0.25, -0.2) is 0 Å². The lowest BCUT2D eigenvalue weighted by Crippen LogP contribution is -2.37. The lowest BCUT2D eigenvalue weighted by atomic mass is 10.2. The molecular formula is C17H23N3OS. The van der Waals surface area contributed by atoms with E-state index in [0.29, 0.717) is 29.0 Å². The van der Waals surface area contributed by atoms with Gasteiger partial charge in [-0.15, -0.1) is 0 Å². The zero-order valence-corrected chi connectivity index (χ0v) is 14.0. The molecule has 1 saturated carbocycles. The number of benzene rings is 1. The maximum absolute atomic E-state index is 12.1. The number of carbonyl (C=O) groups is 1. The summed E-state index contributed by atoms with van der Waals surface area (Å²) in [6, 6.07) is 9.77. The summed E-state index contributed by atoms with van der Waals surface area (Å²) in [6.07, 6.45) is 6.40. The lowest BCUT2D eigenvalue weighted by Gasteiger charge is -2.28. The molecule has 1 N–H and O–H groups in total. The van der Waals surface area contributed by atoms with Crippen molar-refractivity contribution in [2.75, 3.05) is 25.2 Å². The molecule has 1 fully saturated rings.